The van der Waals surface area contributed by atoms with Gasteiger partial charge in [-0.15, -0.1) is 5.10 Å². The van der Waals surface area contributed by atoms with Gasteiger partial charge in [-0.05, 0) is 47.7 Å². The van der Waals surface area contributed by atoms with Gasteiger partial charge in [-0.25, -0.2) is 4.39 Å². The minimum Gasteiger partial charge on any atom is -0.336 e. The van der Waals surface area contributed by atoms with Crippen molar-refractivity contribution in [1.82, 2.24) is 25.1 Å². The third-order valence-electron chi connectivity index (χ3n) is 3.96. The molecule has 0 aliphatic heterocycles. The molecule has 1 aromatic heterocycles. The van der Waals surface area contributed by atoms with E-state index in [-0.39, 0.29) is 24.1 Å². The van der Waals surface area contributed by atoms with Gasteiger partial charge in [-0.3, -0.25) is 9.59 Å². The topological polar surface area (TPSA) is 93.0 Å². The molecule has 0 fully saturated rings. The number of anilines is 1. The quantitative estimate of drug-likeness (QED) is 0.597. The van der Waals surface area contributed by atoms with Gasteiger partial charge in [0, 0.05) is 12.7 Å². The Labute approximate surface area is 171 Å². The highest BCUT2D eigenvalue weighted by Gasteiger charge is 2.16. The van der Waals surface area contributed by atoms with Crippen LogP contribution in [0.2, 0.25) is 0 Å². The normalized spacial score (nSPS) is 10.6. The molecule has 8 nitrogen and oxygen atoms in total. The zero-order valence-corrected chi connectivity index (χ0v) is 16.7. The molecular formula is C19H19FN6O2S. The van der Waals surface area contributed by atoms with E-state index in [1.165, 1.54) is 21.7 Å². The molecule has 0 spiro atoms. The smallest absolute Gasteiger partial charge is 0.243 e. The number of aromatic nitrogens is 4. The number of nitrogens with zero attached hydrogens (tertiary/aromatic N) is 5. The van der Waals surface area contributed by atoms with E-state index in [0.29, 0.717) is 16.5 Å². The first-order valence-electron chi connectivity index (χ1n) is 8.70. The predicted octanol–water partition coefficient (Wildman–Crippen LogP) is 2.30. The number of amides is 2. The molecule has 0 radical (unpaired) electrons. The van der Waals surface area contributed by atoms with Gasteiger partial charge in [0.25, 0.3) is 0 Å². The van der Waals surface area contributed by atoms with Crippen molar-refractivity contribution in [3.63, 3.8) is 0 Å². The van der Waals surface area contributed by atoms with E-state index in [4.69, 9.17) is 0 Å². The fourth-order valence-electron chi connectivity index (χ4n) is 2.42. The standard InChI is InChI=1S/C19H19FN6O2S/c1-13-6-8-15(9-7-13)21-17(27)11-25(2)18(28)12-29-19-22-23-24-26(19)16-5-3-4-14(20)10-16/h3-10H,11-12H2,1-2H3,(H,21,27). The molecule has 0 saturated carbocycles. The lowest BCUT2D eigenvalue weighted by Gasteiger charge is -2.16. The number of likely N-dealkylation sites (N-methyl/N-ethyl adjacent to an activating group) is 1. The molecule has 2 aromatic carbocycles. The number of carbonyl (C=O) groups excluding carboxylic acids is 2. The third kappa shape index (κ3) is 5.61. The Kier molecular flexibility index (Phi) is 6.55. The van der Waals surface area contributed by atoms with Crippen LogP contribution in [0.1, 0.15) is 5.56 Å². The van der Waals surface area contributed by atoms with Gasteiger partial charge in [0.15, 0.2) is 0 Å². The molecule has 0 saturated heterocycles. The molecule has 0 atom stereocenters. The highest BCUT2D eigenvalue weighted by atomic mass is 32.2. The zero-order valence-electron chi connectivity index (χ0n) is 15.9. The monoisotopic (exact) mass is 414 g/mol. The number of hydrogen-bond donors (Lipinski definition) is 1. The lowest BCUT2D eigenvalue weighted by molar-refractivity contribution is -0.131. The van der Waals surface area contributed by atoms with Gasteiger partial charge in [-0.1, -0.05) is 35.5 Å². The van der Waals surface area contributed by atoms with Gasteiger partial charge in [0.2, 0.25) is 17.0 Å². The van der Waals surface area contributed by atoms with Crippen LogP contribution in [-0.2, 0) is 9.59 Å². The van der Waals surface area contributed by atoms with E-state index in [9.17, 15) is 14.0 Å². The molecule has 0 aliphatic rings. The Hall–Kier alpha value is -3.27. The number of nitrogens with one attached hydrogen (secondary N) is 1. The SMILES string of the molecule is Cc1ccc(NC(=O)CN(C)C(=O)CSc2nnnn2-c2cccc(F)c2)cc1. The molecule has 10 heteroatoms. The van der Waals surface area contributed by atoms with Crippen LogP contribution in [-0.4, -0.2) is 56.3 Å². The first-order valence-corrected chi connectivity index (χ1v) is 9.68. The Bertz CT molecular complexity index is 1010. The van der Waals surface area contributed by atoms with Crippen LogP contribution in [0.5, 0.6) is 0 Å². The average molecular weight is 414 g/mol. The van der Waals surface area contributed by atoms with Gasteiger partial charge >= 0.3 is 0 Å². The summed E-state index contributed by atoms with van der Waals surface area (Å²) in [6, 6.07) is 13.2. The van der Waals surface area contributed by atoms with Crippen LogP contribution < -0.4 is 5.32 Å². The molecule has 29 heavy (non-hydrogen) atoms. The fourth-order valence-corrected chi connectivity index (χ4v) is 3.25. The van der Waals surface area contributed by atoms with E-state index in [1.807, 2.05) is 19.1 Å². The highest BCUT2D eigenvalue weighted by Crippen LogP contribution is 2.19. The van der Waals surface area contributed by atoms with E-state index >= 15 is 0 Å². The Morgan fingerprint density at radius 1 is 1.21 bits per heavy atom. The maximum Gasteiger partial charge on any atom is 0.243 e. The molecule has 2 amide bonds. The maximum absolute atomic E-state index is 13.4. The van der Waals surface area contributed by atoms with Crippen LogP contribution >= 0.6 is 11.8 Å². The Morgan fingerprint density at radius 2 is 1.97 bits per heavy atom. The second-order valence-corrected chi connectivity index (χ2v) is 7.25. The third-order valence-corrected chi connectivity index (χ3v) is 4.86. The number of thioether (sulfide) groups is 1. The Morgan fingerprint density at radius 3 is 2.69 bits per heavy atom. The number of tetrazole rings is 1. The molecular weight excluding hydrogens is 395 g/mol. The first-order chi connectivity index (χ1) is 13.9. The number of aryl methyl sites for hydroxylation is 1. The zero-order chi connectivity index (χ0) is 20.8. The lowest BCUT2D eigenvalue weighted by Crippen LogP contribution is -2.36. The summed E-state index contributed by atoms with van der Waals surface area (Å²) in [6.07, 6.45) is 0. The minimum absolute atomic E-state index is 0.0317. The second-order valence-electron chi connectivity index (χ2n) is 6.31. The molecule has 0 aliphatic carbocycles. The van der Waals surface area contributed by atoms with Crippen molar-refractivity contribution < 1.29 is 14.0 Å². The molecule has 3 aromatic rings. The van der Waals surface area contributed by atoms with E-state index in [0.717, 1.165) is 17.3 Å². The summed E-state index contributed by atoms with van der Waals surface area (Å²) in [5, 5.41) is 14.4. The summed E-state index contributed by atoms with van der Waals surface area (Å²) in [4.78, 5) is 25.8. The summed E-state index contributed by atoms with van der Waals surface area (Å²) in [6.45, 7) is 1.88. The minimum atomic E-state index is -0.413. The second kappa shape index (κ2) is 9.28. The number of hydrogen-bond acceptors (Lipinski definition) is 6. The van der Waals surface area contributed by atoms with E-state index < -0.39 is 5.82 Å². The van der Waals surface area contributed by atoms with Gasteiger partial charge < -0.3 is 10.2 Å². The average Bonchev–Trinajstić information content (AvgIpc) is 3.16. The lowest BCUT2D eigenvalue weighted by atomic mass is 10.2. The number of benzene rings is 2. The van der Waals surface area contributed by atoms with E-state index in [2.05, 4.69) is 20.8 Å². The fraction of sp³-hybridized carbons (Fsp3) is 0.211. The van der Waals surface area contributed by atoms with E-state index in [1.54, 1.807) is 31.3 Å². The molecule has 1 heterocycles. The van der Waals surface area contributed by atoms with Crippen molar-refractivity contribution in [3.8, 4) is 5.69 Å². The van der Waals surface area contributed by atoms with Crippen molar-refractivity contribution in [2.75, 3.05) is 24.7 Å². The highest BCUT2D eigenvalue weighted by molar-refractivity contribution is 7.99. The Balaban J connectivity index is 1.53. The largest absolute Gasteiger partial charge is 0.336 e. The summed E-state index contributed by atoms with van der Waals surface area (Å²) < 4.78 is 14.8. The number of halogens is 1. The maximum atomic E-state index is 13.4. The van der Waals surface area contributed by atoms with Gasteiger partial charge in [0.05, 0.1) is 18.0 Å². The summed E-state index contributed by atoms with van der Waals surface area (Å²) in [5.74, 6) is -0.934. The summed E-state index contributed by atoms with van der Waals surface area (Å²) in [5.41, 5.74) is 2.22. The van der Waals surface area contributed by atoms with Crippen LogP contribution in [0.3, 0.4) is 0 Å². The van der Waals surface area contributed by atoms with Crippen LogP contribution in [0, 0.1) is 12.7 Å². The molecule has 1 N–H and O–H groups in total. The van der Waals surface area contributed by atoms with Crippen molar-refractivity contribution >= 4 is 29.3 Å². The van der Waals surface area contributed by atoms with Crippen LogP contribution in [0.4, 0.5) is 10.1 Å². The van der Waals surface area contributed by atoms with Crippen molar-refractivity contribution in [2.24, 2.45) is 0 Å². The predicted molar refractivity (Wildman–Crippen MR) is 107 cm³/mol. The number of carbonyl (C=O) groups is 2. The molecule has 3 rings (SSSR count). The van der Waals surface area contributed by atoms with Crippen molar-refractivity contribution in [3.05, 3.63) is 59.9 Å². The van der Waals surface area contributed by atoms with Crippen molar-refractivity contribution in [2.45, 2.75) is 12.1 Å². The van der Waals surface area contributed by atoms with Gasteiger partial charge in [0.1, 0.15) is 5.82 Å². The summed E-state index contributed by atoms with van der Waals surface area (Å²) in [7, 11) is 1.55. The molecule has 0 bridgehead atoms. The van der Waals surface area contributed by atoms with Crippen LogP contribution in [0.15, 0.2) is 53.7 Å². The number of rotatable bonds is 7. The molecule has 150 valence electrons. The first kappa shape index (κ1) is 20.5. The van der Waals surface area contributed by atoms with Gasteiger partial charge in [-0.2, -0.15) is 4.68 Å². The van der Waals surface area contributed by atoms with Crippen molar-refractivity contribution in [1.29, 1.82) is 0 Å². The van der Waals surface area contributed by atoms with Crippen LogP contribution in [0.25, 0.3) is 5.69 Å². The summed E-state index contributed by atoms with van der Waals surface area (Å²) >= 11 is 1.10. The molecule has 0 unspecified atom stereocenters.